The lowest BCUT2D eigenvalue weighted by Gasteiger charge is -2.08. The van der Waals surface area contributed by atoms with Crippen molar-refractivity contribution in [1.82, 2.24) is 5.06 Å². The molecule has 0 bridgehead atoms. The van der Waals surface area contributed by atoms with Crippen molar-refractivity contribution in [2.75, 3.05) is 6.26 Å². The second-order valence-corrected chi connectivity index (χ2v) is 3.51. The molecule has 7 heteroatoms. The zero-order valence-electron chi connectivity index (χ0n) is 8.13. The number of hydrogen-bond acceptors (Lipinski definition) is 6. The Morgan fingerprint density at radius 1 is 1.12 bits per heavy atom. The highest BCUT2D eigenvalue weighted by molar-refractivity contribution is 7.93. The number of hydrogen-bond donors (Lipinski definition) is 2. The van der Waals surface area contributed by atoms with Crippen LogP contribution in [0.4, 0.5) is 0 Å². The van der Waals surface area contributed by atoms with Crippen molar-refractivity contribution in [3.05, 3.63) is 23.3 Å². The van der Waals surface area contributed by atoms with Gasteiger partial charge in [-0.05, 0) is 12.1 Å². The molecule has 2 N–H and O–H groups in total. The Labute approximate surface area is 94.6 Å². The molecule has 1 aliphatic rings. The molecule has 84 valence electrons. The summed E-state index contributed by atoms with van der Waals surface area (Å²) in [6, 6.07) is 2.07. The van der Waals surface area contributed by atoms with Crippen LogP contribution >= 0.6 is 12.0 Å². The van der Waals surface area contributed by atoms with Crippen molar-refractivity contribution < 1.29 is 24.1 Å². The molecule has 2 rings (SSSR count). The summed E-state index contributed by atoms with van der Waals surface area (Å²) in [5.74, 6) is -2.23. The fourth-order valence-electron chi connectivity index (χ4n) is 1.38. The molecule has 0 aliphatic carbocycles. The minimum absolute atomic E-state index is 0.00866. The molecule has 0 fully saturated rings. The van der Waals surface area contributed by atoms with E-state index in [0.717, 1.165) is 24.2 Å². The summed E-state index contributed by atoms with van der Waals surface area (Å²) in [5, 5.41) is 19.0. The third-order valence-electron chi connectivity index (χ3n) is 2.09. The maximum Gasteiger partial charge on any atom is 0.287 e. The zero-order valence-corrected chi connectivity index (χ0v) is 8.95. The first-order valence-electron chi connectivity index (χ1n) is 4.21. The molecular weight excluding hydrogens is 234 g/mol. The van der Waals surface area contributed by atoms with Crippen LogP contribution < -0.4 is 0 Å². The van der Waals surface area contributed by atoms with Crippen molar-refractivity contribution in [3.8, 4) is 11.5 Å². The van der Waals surface area contributed by atoms with Crippen molar-refractivity contribution in [2.45, 2.75) is 0 Å². The largest absolute Gasteiger partial charge is 0.504 e. The number of aromatic hydroxyl groups is 2. The topological polar surface area (TPSA) is 87.1 Å². The van der Waals surface area contributed by atoms with Gasteiger partial charge in [0.25, 0.3) is 11.8 Å². The highest BCUT2D eigenvalue weighted by Crippen LogP contribution is 2.33. The van der Waals surface area contributed by atoms with Gasteiger partial charge in [-0.15, -0.1) is 5.06 Å². The van der Waals surface area contributed by atoms with E-state index in [1.54, 1.807) is 6.26 Å². The average molecular weight is 241 g/mol. The second-order valence-electron chi connectivity index (χ2n) is 3.03. The van der Waals surface area contributed by atoms with E-state index in [0.29, 0.717) is 5.06 Å². The number of carbonyl (C=O) groups excluding carboxylic acids is 2. The monoisotopic (exact) mass is 241 g/mol. The molecule has 1 aliphatic heterocycles. The number of imide groups is 1. The van der Waals surface area contributed by atoms with E-state index in [-0.39, 0.29) is 11.1 Å². The second kappa shape index (κ2) is 3.69. The summed E-state index contributed by atoms with van der Waals surface area (Å²) in [5.41, 5.74) is 0.0173. The smallest absolute Gasteiger partial charge is 0.287 e. The van der Waals surface area contributed by atoms with Crippen molar-refractivity contribution in [1.29, 1.82) is 0 Å². The van der Waals surface area contributed by atoms with Gasteiger partial charge in [0.2, 0.25) is 0 Å². The summed E-state index contributed by atoms with van der Waals surface area (Å²) in [4.78, 5) is 23.3. The molecule has 0 radical (unpaired) electrons. The van der Waals surface area contributed by atoms with Crippen LogP contribution in [0.1, 0.15) is 20.7 Å². The van der Waals surface area contributed by atoms with Gasteiger partial charge >= 0.3 is 0 Å². The molecule has 1 aromatic rings. The number of rotatable bonds is 2. The third-order valence-corrected chi connectivity index (χ3v) is 2.39. The first-order valence-corrected chi connectivity index (χ1v) is 5.36. The number of fused-ring (bicyclic) bond motifs is 1. The SMILES string of the molecule is CSON1C(=O)c2cc(O)c(O)cc2C1=O. The minimum Gasteiger partial charge on any atom is -0.504 e. The first-order chi connectivity index (χ1) is 7.56. The van der Waals surface area contributed by atoms with Crippen molar-refractivity contribution in [3.63, 3.8) is 0 Å². The summed E-state index contributed by atoms with van der Waals surface area (Å²) >= 11 is 0.845. The van der Waals surface area contributed by atoms with E-state index in [2.05, 4.69) is 0 Å². The number of phenolic OH excluding ortho intramolecular Hbond substituents is 2. The molecule has 0 unspecified atom stereocenters. The number of hydroxylamine groups is 2. The molecule has 0 aromatic heterocycles. The predicted octanol–water partition coefficient (Wildman–Crippen LogP) is 0.903. The van der Waals surface area contributed by atoms with E-state index in [4.69, 9.17) is 4.28 Å². The molecule has 0 atom stereocenters. The lowest BCUT2D eigenvalue weighted by Crippen LogP contribution is -2.27. The first kappa shape index (κ1) is 10.8. The molecular formula is C9H7NO5S. The van der Waals surface area contributed by atoms with Crippen LogP contribution in [0, 0.1) is 0 Å². The van der Waals surface area contributed by atoms with Crippen LogP contribution in [-0.4, -0.2) is 33.3 Å². The number of carbonyl (C=O) groups is 2. The maximum absolute atomic E-state index is 11.6. The Hall–Kier alpha value is -1.73. The lowest BCUT2D eigenvalue weighted by molar-refractivity contribution is -0.00197. The van der Waals surface area contributed by atoms with Crippen molar-refractivity contribution in [2.24, 2.45) is 0 Å². The van der Waals surface area contributed by atoms with Gasteiger partial charge < -0.3 is 10.2 Å². The van der Waals surface area contributed by atoms with Crippen LogP contribution in [0.25, 0.3) is 0 Å². The van der Waals surface area contributed by atoms with E-state index >= 15 is 0 Å². The van der Waals surface area contributed by atoms with Gasteiger partial charge in [-0.2, -0.15) is 4.28 Å². The molecule has 0 spiro atoms. The Kier molecular flexibility index (Phi) is 2.49. The van der Waals surface area contributed by atoms with Gasteiger partial charge in [0.1, 0.15) is 0 Å². The maximum atomic E-state index is 11.6. The van der Waals surface area contributed by atoms with Gasteiger partial charge in [0, 0.05) is 18.3 Å². The van der Waals surface area contributed by atoms with E-state index < -0.39 is 23.3 Å². The number of nitrogens with zero attached hydrogens (tertiary/aromatic N) is 1. The highest BCUT2D eigenvalue weighted by Gasteiger charge is 2.38. The van der Waals surface area contributed by atoms with Gasteiger partial charge in [-0.3, -0.25) is 9.59 Å². The standard InChI is InChI=1S/C9H7NO5S/c1-16-15-10-8(13)4-2-6(11)7(12)3-5(4)9(10)14/h2-3,11-12H,1H3. The Morgan fingerprint density at radius 3 is 1.94 bits per heavy atom. The minimum atomic E-state index is -0.662. The molecule has 2 amide bonds. The van der Waals surface area contributed by atoms with Gasteiger partial charge in [0.15, 0.2) is 11.5 Å². The van der Waals surface area contributed by atoms with E-state index in [1.165, 1.54) is 0 Å². The molecule has 6 nitrogen and oxygen atoms in total. The normalized spacial score (nSPS) is 14.4. The highest BCUT2D eigenvalue weighted by atomic mass is 32.2. The zero-order chi connectivity index (χ0) is 11.9. The Morgan fingerprint density at radius 2 is 1.56 bits per heavy atom. The van der Waals surface area contributed by atoms with Gasteiger partial charge in [-0.25, -0.2) is 0 Å². The van der Waals surface area contributed by atoms with Crippen LogP contribution in [0.3, 0.4) is 0 Å². The quantitative estimate of drug-likeness (QED) is 0.454. The average Bonchev–Trinajstić information content (AvgIpc) is 2.46. The molecule has 16 heavy (non-hydrogen) atoms. The summed E-state index contributed by atoms with van der Waals surface area (Å²) < 4.78 is 4.78. The molecule has 1 heterocycles. The fourth-order valence-corrected chi connectivity index (χ4v) is 1.67. The fraction of sp³-hybridized carbons (Fsp3) is 0.111. The van der Waals surface area contributed by atoms with Crippen LogP contribution in [0.2, 0.25) is 0 Å². The molecule has 1 aromatic carbocycles. The third kappa shape index (κ3) is 1.41. The molecule has 0 saturated carbocycles. The Balaban J connectivity index is 2.51. The van der Waals surface area contributed by atoms with Crippen molar-refractivity contribution >= 4 is 23.9 Å². The molecule has 0 saturated heterocycles. The summed E-state index contributed by atoms with van der Waals surface area (Å²) in [6.07, 6.45) is 1.55. The number of amides is 2. The number of benzene rings is 1. The van der Waals surface area contributed by atoms with Gasteiger partial charge in [0.05, 0.1) is 11.1 Å². The predicted molar refractivity (Wildman–Crippen MR) is 54.9 cm³/mol. The van der Waals surface area contributed by atoms with Crippen LogP contribution in [0.5, 0.6) is 11.5 Å². The van der Waals surface area contributed by atoms with Crippen LogP contribution in [0.15, 0.2) is 12.1 Å². The van der Waals surface area contributed by atoms with E-state index in [9.17, 15) is 19.8 Å². The summed E-state index contributed by atoms with van der Waals surface area (Å²) in [6.45, 7) is 0. The summed E-state index contributed by atoms with van der Waals surface area (Å²) in [7, 11) is 0. The van der Waals surface area contributed by atoms with E-state index in [1.807, 2.05) is 0 Å². The van der Waals surface area contributed by atoms with Crippen LogP contribution in [-0.2, 0) is 4.28 Å². The number of phenols is 2. The van der Waals surface area contributed by atoms with Gasteiger partial charge in [-0.1, -0.05) is 0 Å². The Bertz CT molecular complexity index is 446. The lowest BCUT2D eigenvalue weighted by atomic mass is 10.1.